The second kappa shape index (κ2) is 8.40. The Bertz CT molecular complexity index is 1050. The fraction of sp³-hybridized carbons (Fsp3) is 0.375. The summed E-state index contributed by atoms with van der Waals surface area (Å²) in [4.78, 5) is 15.4. The van der Waals surface area contributed by atoms with Crippen molar-refractivity contribution in [3.8, 4) is 0 Å². The number of amides is 1. The molecule has 0 atom stereocenters. The molecule has 4 rings (SSSR count). The third-order valence-corrected chi connectivity index (χ3v) is 6.20. The molecule has 2 N–H and O–H groups in total. The normalized spacial score (nSPS) is 17.1. The molecule has 0 saturated carbocycles. The lowest BCUT2D eigenvalue weighted by Gasteiger charge is -2.32. The third-order valence-electron chi connectivity index (χ3n) is 6.20. The zero-order chi connectivity index (χ0) is 22.1. The van der Waals surface area contributed by atoms with Crippen LogP contribution in [0.1, 0.15) is 38.8 Å². The predicted molar refractivity (Wildman–Crippen MR) is 122 cm³/mol. The summed E-state index contributed by atoms with van der Waals surface area (Å²) in [5, 5.41) is 3.92. The highest BCUT2D eigenvalue weighted by atomic mass is 16.7. The number of ether oxygens (including phenoxy) is 1. The molecule has 7 heteroatoms. The summed E-state index contributed by atoms with van der Waals surface area (Å²) in [7, 11) is -0.438. The molecule has 1 aromatic heterocycles. The van der Waals surface area contributed by atoms with E-state index >= 15 is 0 Å². The first-order valence-corrected chi connectivity index (χ1v) is 10.7. The lowest BCUT2D eigenvalue weighted by Crippen LogP contribution is -2.41. The molecular weight excluding hydrogens is 391 g/mol. The van der Waals surface area contributed by atoms with Crippen molar-refractivity contribution in [3.63, 3.8) is 0 Å². The van der Waals surface area contributed by atoms with E-state index in [1.807, 2.05) is 54.7 Å². The summed E-state index contributed by atoms with van der Waals surface area (Å²) in [5.74, 6) is 0. The smallest absolute Gasteiger partial charge is 0.445 e. The lowest BCUT2D eigenvalue weighted by atomic mass is 9.76. The van der Waals surface area contributed by atoms with Crippen molar-refractivity contribution in [2.45, 2.75) is 51.9 Å². The quantitative estimate of drug-likeness (QED) is 0.593. The summed E-state index contributed by atoms with van der Waals surface area (Å²) < 4.78 is 17.8. The van der Waals surface area contributed by atoms with Crippen LogP contribution in [-0.2, 0) is 27.1 Å². The van der Waals surface area contributed by atoms with Gasteiger partial charge in [-0.3, -0.25) is 0 Å². The summed E-state index contributed by atoms with van der Waals surface area (Å²) in [6, 6.07) is 15.7. The molecular formula is C24H29BN2O4. The van der Waals surface area contributed by atoms with Gasteiger partial charge in [0.15, 0.2) is 0 Å². The van der Waals surface area contributed by atoms with Gasteiger partial charge in [0.2, 0.25) is 0 Å². The number of carbonyl (C=O) groups excluding carboxylic acids is 1. The topological polar surface area (TPSA) is 72.6 Å². The molecule has 0 unspecified atom stereocenters. The van der Waals surface area contributed by atoms with Crippen molar-refractivity contribution in [1.82, 2.24) is 10.3 Å². The molecule has 0 spiro atoms. The largest absolute Gasteiger partial charge is 0.495 e. The van der Waals surface area contributed by atoms with Gasteiger partial charge in [0, 0.05) is 23.6 Å². The van der Waals surface area contributed by atoms with Gasteiger partial charge in [0.1, 0.15) is 6.61 Å². The van der Waals surface area contributed by atoms with Crippen molar-refractivity contribution < 1.29 is 18.8 Å². The number of alkyl carbamates (subject to hydrolysis) is 1. The van der Waals surface area contributed by atoms with Gasteiger partial charge >= 0.3 is 13.2 Å². The molecule has 31 heavy (non-hydrogen) atoms. The van der Waals surface area contributed by atoms with Crippen LogP contribution in [-0.4, -0.2) is 35.9 Å². The van der Waals surface area contributed by atoms with E-state index in [4.69, 9.17) is 14.0 Å². The van der Waals surface area contributed by atoms with Gasteiger partial charge in [-0.2, -0.15) is 0 Å². The van der Waals surface area contributed by atoms with E-state index in [2.05, 4.69) is 38.0 Å². The molecule has 0 radical (unpaired) electrons. The van der Waals surface area contributed by atoms with Crippen LogP contribution in [0, 0.1) is 0 Å². The van der Waals surface area contributed by atoms with Gasteiger partial charge in [-0.25, -0.2) is 4.79 Å². The Labute approximate surface area is 183 Å². The summed E-state index contributed by atoms with van der Waals surface area (Å²) >= 11 is 0. The molecule has 0 aliphatic carbocycles. The molecule has 162 valence electrons. The van der Waals surface area contributed by atoms with E-state index in [0.29, 0.717) is 13.0 Å². The van der Waals surface area contributed by atoms with Crippen molar-refractivity contribution in [1.29, 1.82) is 0 Å². The van der Waals surface area contributed by atoms with Gasteiger partial charge in [0.05, 0.1) is 11.2 Å². The van der Waals surface area contributed by atoms with E-state index in [-0.39, 0.29) is 6.61 Å². The Morgan fingerprint density at radius 2 is 1.74 bits per heavy atom. The average molecular weight is 420 g/mol. The maximum absolute atomic E-state index is 12.0. The van der Waals surface area contributed by atoms with Crippen LogP contribution in [0.4, 0.5) is 4.79 Å². The Kier molecular flexibility index (Phi) is 5.82. The summed E-state index contributed by atoms with van der Waals surface area (Å²) in [6.45, 7) is 8.93. The number of fused-ring (bicyclic) bond motifs is 1. The van der Waals surface area contributed by atoms with E-state index < -0.39 is 24.4 Å². The molecule has 2 heterocycles. The van der Waals surface area contributed by atoms with Gasteiger partial charge in [-0.15, -0.1) is 0 Å². The number of carbonyl (C=O) groups is 1. The average Bonchev–Trinajstić information content (AvgIpc) is 3.24. The highest BCUT2D eigenvalue weighted by Crippen LogP contribution is 2.37. The molecule has 6 nitrogen and oxygen atoms in total. The maximum atomic E-state index is 12.0. The Morgan fingerprint density at radius 3 is 2.45 bits per heavy atom. The van der Waals surface area contributed by atoms with Crippen molar-refractivity contribution >= 4 is 29.6 Å². The van der Waals surface area contributed by atoms with Crippen LogP contribution < -0.4 is 10.8 Å². The number of H-pyrrole nitrogens is 1. The van der Waals surface area contributed by atoms with Crippen LogP contribution in [0.2, 0.25) is 0 Å². The summed E-state index contributed by atoms with van der Waals surface area (Å²) in [6.07, 6.45) is 2.22. The van der Waals surface area contributed by atoms with Gasteiger partial charge in [-0.05, 0) is 56.8 Å². The highest BCUT2D eigenvalue weighted by molar-refractivity contribution is 6.65. The second-order valence-corrected chi connectivity index (χ2v) is 8.91. The molecule has 3 aromatic rings. The molecule has 1 aliphatic rings. The van der Waals surface area contributed by atoms with Crippen molar-refractivity contribution in [2.75, 3.05) is 6.54 Å². The minimum atomic E-state index is -0.438. The SMILES string of the molecule is CC1(C)OB(c2cccc3[nH]cc(CCNC(=O)OCc4ccccc4)c23)OC1(C)C. The lowest BCUT2D eigenvalue weighted by molar-refractivity contribution is 0.00578. The van der Waals surface area contributed by atoms with E-state index in [0.717, 1.165) is 27.5 Å². The second-order valence-electron chi connectivity index (χ2n) is 8.91. The molecule has 1 aliphatic heterocycles. The Balaban J connectivity index is 1.42. The molecule has 1 saturated heterocycles. The Morgan fingerprint density at radius 1 is 1.03 bits per heavy atom. The minimum Gasteiger partial charge on any atom is -0.445 e. The Hall–Kier alpha value is -2.77. The number of hydrogen-bond acceptors (Lipinski definition) is 4. The number of rotatable bonds is 6. The highest BCUT2D eigenvalue weighted by Gasteiger charge is 2.52. The summed E-state index contributed by atoms with van der Waals surface area (Å²) in [5.41, 5.74) is 3.28. The van der Waals surface area contributed by atoms with Crippen LogP contribution in [0.15, 0.2) is 54.7 Å². The van der Waals surface area contributed by atoms with Gasteiger partial charge < -0.3 is 24.3 Å². The van der Waals surface area contributed by atoms with Crippen LogP contribution in [0.25, 0.3) is 10.9 Å². The third kappa shape index (κ3) is 4.48. The standard InChI is InChI=1S/C24H29BN2O4/c1-23(2)24(3,4)31-25(30-23)19-11-8-12-20-21(19)18(15-27-20)13-14-26-22(28)29-16-17-9-6-5-7-10-17/h5-12,15,27H,13-14,16H2,1-4H3,(H,26,28). The first kappa shape index (κ1) is 21.5. The number of benzene rings is 2. The maximum Gasteiger partial charge on any atom is 0.495 e. The monoisotopic (exact) mass is 420 g/mol. The number of nitrogens with one attached hydrogen (secondary N) is 2. The number of hydrogen-bond donors (Lipinski definition) is 2. The fourth-order valence-electron chi connectivity index (χ4n) is 3.72. The molecule has 1 amide bonds. The zero-order valence-electron chi connectivity index (χ0n) is 18.5. The van der Waals surface area contributed by atoms with Crippen LogP contribution in [0.3, 0.4) is 0 Å². The number of aromatic nitrogens is 1. The van der Waals surface area contributed by atoms with Crippen molar-refractivity contribution in [2.24, 2.45) is 0 Å². The molecule has 2 aromatic carbocycles. The fourth-order valence-corrected chi connectivity index (χ4v) is 3.72. The van der Waals surface area contributed by atoms with Gasteiger partial charge in [0.25, 0.3) is 0 Å². The first-order chi connectivity index (χ1) is 14.8. The van der Waals surface area contributed by atoms with Crippen LogP contribution >= 0.6 is 0 Å². The van der Waals surface area contributed by atoms with Crippen molar-refractivity contribution in [3.05, 3.63) is 65.9 Å². The first-order valence-electron chi connectivity index (χ1n) is 10.7. The predicted octanol–water partition coefficient (Wildman–Crippen LogP) is 3.94. The zero-order valence-corrected chi connectivity index (χ0v) is 18.5. The van der Waals surface area contributed by atoms with Crippen LogP contribution in [0.5, 0.6) is 0 Å². The van der Waals surface area contributed by atoms with E-state index in [1.54, 1.807) is 0 Å². The van der Waals surface area contributed by atoms with E-state index in [9.17, 15) is 4.79 Å². The minimum absolute atomic E-state index is 0.256. The molecule has 1 fully saturated rings. The van der Waals surface area contributed by atoms with E-state index in [1.165, 1.54) is 0 Å². The van der Waals surface area contributed by atoms with Gasteiger partial charge in [-0.1, -0.05) is 42.5 Å². The number of aromatic amines is 1. The molecule has 0 bridgehead atoms.